The summed E-state index contributed by atoms with van der Waals surface area (Å²) in [4.78, 5) is 22.8. The minimum atomic E-state index is -4.09. The lowest BCUT2D eigenvalue weighted by Gasteiger charge is -2.24. The molecule has 0 saturated heterocycles. The third-order valence-electron chi connectivity index (χ3n) is 5.13. The Labute approximate surface area is 186 Å². The second-order valence-electron chi connectivity index (χ2n) is 7.73. The highest BCUT2D eigenvalue weighted by atomic mass is 31.2. The summed E-state index contributed by atoms with van der Waals surface area (Å²) in [6.45, 7) is 1.85. The molecule has 1 fully saturated rings. The number of nitro benzene ring substituents is 1. The minimum absolute atomic E-state index is 0.0881. The summed E-state index contributed by atoms with van der Waals surface area (Å²) in [5, 5.41) is 13.5. The van der Waals surface area contributed by atoms with Crippen molar-refractivity contribution in [2.24, 2.45) is 5.92 Å². The predicted molar refractivity (Wildman–Crippen MR) is 119 cm³/mol. The molecule has 0 aliphatic heterocycles. The van der Waals surface area contributed by atoms with Gasteiger partial charge in [0.2, 0.25) is 0 Å². The van der Waals surface area contributed by atoms with Crippen LogP contribution in [0.2, 0.25) is 0 Å². The van der Waals surface area contributed by atoms with Crippen molar-refractivity contribution in [2.75, 3.05) is 6.61 Å². The normalized spacial score (nSPS) is 17.0. The van der Waals surface area contributed by atoms with Gasteiger partial charge in [-0.05, 0) is 49.9 Å². The van der Waals surface area contributed by atoms with E-state index in [0.29, 0.717) is 12.5 Å². The Morgan fingerprint density at radius 1 is 1.06 bits per heavy atom. The maximum absolute atomic E-state index is 13.5. The van der Waals surface area contributed by atoms with Gasteiger partial charge in [-0.1, -0.05) is 37.5 Å². The smallest absolute Gasteiger partial charge is 0.464 e. The molecule has 1 saturated carbocycles. The third-order valence-corrected chi connectivity index (χ3v) is 6.74. The molecule has 0 heterocycles. The van der Waals surface area contributed by atoms with Crippen molar-refractivity contribution in [3.63, 3.8) is 0 Å². The number of carbonyl (C=O) groups excluding carboxylic acids is 1. The van der Waals surface area contributed by atoms with E-state index in [0.717, 1.165) is 25.7 Å². The van der Waals surface area contributed by atoms with Crippen molar-refractivity contribution >= 4 is 19.4 Å². The quantitative estimate of drug-likeness (QED) is 0.220. The Hall–Kier alpha value is -2.90. The number of para-hydroxylation sites is 1. The van der Waals surface area contributed by atoms with Crippen molar-refractivity contribution in [3.8, 4) is 11.5 Å². The Bertz CT molecular complexity index is 947. The summed E-state index contributed by atoms with van der Waals surface area (Å²) in [7, 11) is -4.09. The van der Waals surface area contributed by atoms with Crippen LogP contribution < -0.4 is 14.1 Å². The van der Waals surface area contributed by atoms with Crippen LogP contribution in [0.4, 0.5) is 5.69 Å². The first kappa shape index (κ1) is 23.8. The van der Waals surface area contributed by atoms with Gasteiger partial charge in [-0.2, -0.15) is 5.09 Å². The summed E-state index contributed by atoms with van der Waals surface area (Å²) in [5.41, 5.74) is -0.135. The van der Waals surface area contributed by atoms with Crippen molar-refractivity contribution in [2.45, 2.75) is 45.1 Å². The number of rotatable bonds is 10. The Kier molecular flexibility index (Phi) is 8.25. The molecule has 2 atom stereocenters. The molecule has 1 N–H and O–H groups in total. The molecule has 0 spiro atoms. The van der Waals surface area contributed by atoms with E-state index in [-0.39, 0.29) is 17.2 Å². The molecule has 10 heteroatoms. The molecule has 0 radical (unpaired) electrons. The van der Waals surface area contributed by atoms with Crippen LogP contribution in [0, 0.1) is 16.0 Å². The summed E-state index contributed by atoms with van der Waals surface area (Å²) >= 11 is 0. The number of non-ortho nitro benzene ring substituents is 1. The van der Waals surface area contributed by atoms with Gasteiger partial charge in [0.1, 0.15) is 17.5 Å². The van der Waals surface area contributed by atoms with Gasteiger partial charge in [-0.3, -0.25) is 14.9 Å². The third kappa shape index (κ3) is 7.07. The first-order valence-electron chi connectivity index (χ1n) is 10.6. The summed E-state index contributed by atoms with van der Waals surface area (Å²) < 4.78 is 30.0. The van der Waals surface area contributed by atoms with Crippen LogP contribution in [0.15, 0.2) is 54.6 Å². The fourth-order valence-corrected chi connectivity index (χ4v) is 4.95. The molecule has 0 amide bonds. The summed E-state index contributed by atoms with van der Waals surface area (Å²) in [6.07, 6.45) is 5.56. The molecule has 2 aromatic rings. The lowest BCUT2D eigenvalue weighted by molar-refractivity contribution is -0.384. The van der Waals surface area contributed by atoms with E-state index in [1.54, 1.807) is 30.3 Å². The minimum Gasteiger partial charge on any atom is -0.464 e. The molecular formula is C22H27N2O7P. The first-order valence-corrected chi connectivity index (χ1v) is 12.1. The molecular weight excluding hydrogens is 435 g/mol. The van der Waals surface area contributed by atoms with E-state index in [1.165, 1.54) is 37.6 Å². The molecule has 172 valence electrons. The second kappa shape index (κ2) is 11.1. The van der Waals surface area contributed by atoms with Gasteiger partial charge in [0.15, 0.2) is 0 Å². The number of hydrogen-bond donors (Lipinski definition) is 1. The monoisotopic (exact) mass is 462 g/mol. The molecule has 2 aromatic carbocycles. The first-order chi connectivity index (χ1) is 15.3. The number of esters is 1. The SMILES string of the molecule is CC(NP(=O)(Oc1ccccc1)Oc1ccc([N+](=O)[O-])cc1)C(=O)OCC1CCCCC1. The number of nitro groups is 1. The molecule has 0 bridgehead atoms. The van der Waals surface area contributed by atoms with E-state index in [1.807, 2.05) is 0 Å². The highest BCUT2D eigenvalue weighted by molar-refractivity contribution is 7.52. The highest BCUT2D eigenvalue weighted by Crippen LogP contribution is 2.45. The Morgan fingerprint density at radius 2 is 1.66 bits per heavy atom. The zero-order valence-electron chi connectivity index (χ0n) is 17.8. The van der Waals surface area contributed by atoms with Gasteiger partial charge in [-0.25, -0.2) is 4.57 Å². The van der Waals surface area contributed by atoms with Crippen LogP contribution in [0.3, 0.4) is 0 Å². The number of benzene rings is 2. The number of nitrogens with zero attached hydrogens (tertiary/aromatic N) is 1. The number of hydrogen-bond acceptors (Lipinski definition) is 7. The number of carbonyl (C=O) groups is 1. The van der Waals surface area contributed by atoms with E-state index < -0.39 is 24.7 Å². The molecule has 9 nitrogen and oxygen atoms in total. The summed E-state index contributed by atoms with van der Waals surface area (Å²) in [6, 6.07) is 12.5. The van der Waals surface area contributed by atoms with Crippen molar-refractivity contribution < 1.29 is 28.1 Å². The van der Waals surface area contributed by atoms with Gasteiger partial charge in [0.25, 0.3) is 5.69 Å². The van der Waals surface area contributed by atoms with E-state index in [2.05, 4.69) is 5.09 Å². The zero-order valence-corrected chi connectivity index (χ0v) is 18.7. The van der Waals surface area contributed by atoms with Crippen LogP contribution in [-0.4, -0.2) is 23.5 Å². The summed E-state index contributed by atoms with van der Waals surface area (Å²) in [5.74, 6) is 0.154. The molecule has 3 rings (SSSR count). The Balaban J connectivity index is 1.68. The maximum Gasteiger partial charge on any atom is 0.513 e. The van der Waals surface area contributed by atoms with E-state index in [4.69, 9.17) is 13.8 Å². The van der Waals surface area contributed by atoms with Crippen molar-refractivity contribution in [3.05, 3.63) is 64.7 Å². The van der Waals surface area contributed by atoms with E-state index in [9.17, 15) is 19.5 Å². The second-order valence-corrected chi connectivity index (χ2v) is 9.35. The average molecular weight is 462 g/mol. The van der Waals surface area contributed by atoms with Crippen LogP contribution in [0.1, 0.15) is 39.0 Å². The zero-order chi connectivity index (χ0) is 23.0. The van der Waals surface area contributed by atoms with Gasteiger partial charge < -0.3 is 13.8 Å². The fraction of sp³-hybridized carbons (Fsp3) is 0.409. The van der Waals surface area contributed by atoms with Gasteiger partial charge in [-0.15, -0.1) is 0 Å². The van der Waals surface area contributed by atoms with Crippen LogP contribution >= 0.6 is 7.75 Å². The van der Waals surface area contributed by atoms with Crippen LogP contribution in [-0.2, 0) is 14.1 Å². The lowest BCUT2D eigenvalue weighted by Crippen LogP contribution is -2.36. The van der Waals surface area contributed by atoms with Gasteiger partial charge in [0.05, 0.1) is 11.5 Å². The maximum atomic E-state index is 13.5. The highest BCUT2D eigenvalue weighted by Gasteiger charge is 2.34. The lowest BCUT2D eigenvalue weighted by atomic mass is 9.90. The van der Waals surface area contributed by atoms with Gasteiger partial charge >= 0.3 is 13.7 Å². The molecule has 0 aromatic heterocycles. The molecule has 2 unspecified atom stereocenters. The predicted octanol–water partition coefficient (Wildman–Crippen LogP) is 5.26. The fourth-order valence-electron chi connectivity index (χ4n) is 3.43. The number of nitrogens with one attached hydrogen (secondary N) is 1. The van der Waals surface area contributed by atoms with Crippen molar-refractivity contribution in [1.29, 1.82) is 0 Å². The van der Waals surface area contributed by atoms with E-state index >= 15 is 0 Å². The van der Waals surface area contributed by atoms with Gasteiger partial charge in [0, 0.05) is 12.1 Å². The Morgan fingerprint density at radius 3 is 2.25 bits per heavy atom. The van der Waals surface area contributed by atoms with Crippen molar-refractivity contribution in [1.82, 2.24) is 5.09 Å². The number of ether oxygens (including phenoxy) is 1. The average Bonchev–Trinajstić information content (AvgIpc) is 2.79. The standard InChI is InChI=1S/C22H27N2O7P/c1-17(22(25)29-16-18-8-4-2-5-9-18)23-32(28,30-20-10-6-3-7-11-20)31-21-14-12-19(13-15-21)24(26)27/h3,6-7,10-15,17-18H,2,4-5,8-9,16H2,1H3,(H,23,28). The topological polar surface area (TPSA) is 117 Å². The van der Waals surface area contributed by atoms with Crippen LogP contribution in [0.25, 0.3) is 0 Å². The van der Waals surface area contributed by atoms with Crippen LogP contribution in [0.5, 0.6) is 11.5 Å². The largest absolute Gasteiger partial charge is 0.513 e. The molecule has 32 heavy (non-hydrogen) atoms. The molecule has 1 aliphatic rings. The molecule has 1 aliphatic carbocycles.